The number of primary amides is 1. The van der Waals surface area contributed by atoms with Crippen LogP contribution in [0.4, 0.5) is 4.79 Å². The molecule has 0 radical (unpaired) electrons. The summed E-state index contributed by atoms with van der Waals surface area (Å²) in [6, 6.07) is 9.13. The molecule has 1 aliphatic heterocycles. The summed E-state index contributed by atoms with van der Waals surface area (Å²) in [6.07, 6.45) is 4.01. The number of ether oxygens (including phenoxy) is 1. The van der Waals surface area contributed by atoms with Crippen molar-refractivity contribution in [2.45, 2.75) is 42.8 Å². The molecule has 8 heteroatoms. The standard InChI is InChI=1S/C18H22N4O3S/c1-12(16(23)21-17(19)24)26-18-20-10-15(13-6-3-2-4-7-13)22(18)11-14-8-5-9-25-14/h2-4,6-7,10,12,14H,5,8-9,11H2,1H3,(H3,19,21,23,24)/t12-,14+/m1/s1. The van der Waals surface area contributed by atoms with Gasteiger partial charge in [-0.15, -0.1) is 0 Å². The number of carbonyl (C=O) groups is 2. The molecule has 1 saturated heterocycles. The predicted octanol–water partition coefficient (Wildman–Crippen LogP) is 2.40. The fraction of sp³-hybridized carbons (Fsp3) is 0.389. The number of nitrogens with two attached hydrogens (primary N) is 1. The van der Waals surface area contributed by atoms with Crippen molar-refractivity contribution in [2.24, 2.45) is 5.73 Å². The second kappa shape index (κ2) is 8.37. The fourth-order valence-corrected chi connectivity index (χ4v) is 3.79. The molecule has 26 heavy (non-hydrogen) atoms. The lowest BCUT2D eigenvalue weighted by molar-refractivity contribution is -0.119. The van der Waals surface area contributed by atoms with Crippen molar-refractivity contribution in [3.8, 4) is 11.3 Å². The van der Waals surface area contributed by atoms with E-state index >= 15 is 0 Å². The van der Waals surface area contributed by atoms with Crippen LogP contribution in [0.5, 0.6) is 0 Å². The molecule has 0 aliphatic carbocycles. The Hall–Kier alpha value is -2.32. The maximum Gasteiger partial charge on any atom is 0.318 e. The Labute approximate surface area is 156 Å². The molecule has 2 heterocycles. The van der Waals surface area contributed by atoms with Crippen LogP contribution in [0.3, 0.4) is 0 Å². The Morgan fingerprint density at radius 1 is 1.42 bits per heavy atom. The van der Waals surface area contributed by atoms with Gasteiger partial charge < -0.3 is 15.0 Å². The zero-order valence-electron chi connectivity index (χ0n) is 14.6. The SMILES string of the molecule is C[C@@H](Sc1ncc(-c2ccccc2)n1C[C@@H]1CCCO1)C(=O)NC(N)=O. The Bertz CT molecular complexity index is 772. The molecule has 0 bridgehead atoms. The van der Waals surface area contributed by atoms with E-state index in [2.05, 4.69) is 14.9 Å². The minimum Gasteiger partial charge on any atom is -0.376 e. The molecule has 1 aliphatic rings. The molecule has 7 nitrogen and oxygen atoms in total. The zero-order chi connectivity index (χ0) is 18.5. The van der Waals surface area contributed by atoms with Crippen molar-refractivity contribution in [1.82, 2.24) is 14.9 Å². The smallest absolute Gasteiger partial charge is 0.318 e. The third-order valence-corrected chi connectivity index (χ3v) is 5.30. The quantitative estimate of drug-likeness (QED) is 0.757. The van der Waals surface area contributed by atoms with Crippen molar-refractivity contribution in [3.05, 3.63) is 36.5 Å². The normalized spacial score (nSPS) is 17.8. The van der Waals surface area contributed by atoms with Gasteiger partial charge in [-0.3, -0.25) is 10.1 Å². The molecule has 0 saturated carbocycles. The van der Waals surface area contributed by atoms with Gasteiger partial charge in [-0.1, -0.05) is 42.1 Å². The molecule has 1 aromatic carbocycles. The summed E-state index contributed by atoms with van der Waals surface area (Å²) >= 11 is 1.30. The number of amides is 3. The first-order valence-electron chi connectivity index (χ1n) is 8.54. The zero-order valence-corrected chi connectivity index (χ0v) is 15.4. The van der Waals surface area contributed by atoms with Crippen LogP contribution in [-0.2, 0) is 16.1 Å². The van der Waals surface area contributed by atoms with E-state index in [9.17, 15) is 9.59 Å². The van der Waals surface area contributed by atoms with Crippen LogP contribution in [0.15, 0.2) is 41.7 Å². The molecule has 2 aromatic rings. The van der Waals surface area contributed by atoms with Crippen molar-refractivity contribution in [3.63, 3.8) is 0 Å². The Morgan fingerprint density at radius 2 is 2.19 bits per heavy atom. The molecule has 0 spiro atoms. The molecular weight excluding hydrogens is 352 g/mol. The van der Waals surface area contributed by atoms with E-state index in [-0.39, 0.29) is 6.10 Å². The van der Waals surface area contributed by atoms with Crippen LogP contribution in [0, 0.1) is 0 Å². The van der Waals surface area contributed by atoms with Crippen molar-refractivity contribution >= 4 is 23.7 Å². The van der Waals surface area contributed by atoms with E-state index in [1.807, 2.05) is 36.5 Å². The largest absolute Gasteiger partial charge is 0.376 e. The van der Waals surface area contributed by atoms with E-state index in [1.165, 1.54) is 11.8 Å². The monoisotopic (exact) mass is 374 g/mol. The summed E-state index contributed by atoms with van der Waals surface area (Å²) in [7, 11) is 0. The summed E-state index contributed by atoms with van der Waals surface area (Å²) < 4.78 is 7.87. The van der Waals surface area contributed by atoms with Crippen molar-refractivity contribution in [2.75, 3.05) is 6.61 Å². The maximum absolute atomic E-state index is 12.0. The lowest BCUT2D eigenvalue weighted by atomic mass is 10.1. The Morgan fingerprint density at radius 3 is 2.85 bits per heavy atom. The lowest BCUT2D eigenvalue weighted by Gasteiger charge is -2.17. The van der Waals surface area contributed by atoms with Gasteiger partial charge in [0.1, 0.15) is 0 Å². The molecule has 3 rings (SSSR count). The third-order valence-electron chi connectivity index (χ3n) is 4.20. The lowest BCUT2D eigenvalue weighted by Crippen LogP contribution is -2.39. The highest BCUT2D eigenvalue weighted by atomic mass is 32.2. The minimum absolute atomic E-state index is 0.140. The first-order chi connectivity index (χ1) is 12.5. The van der Waals surface area contributed by atoms with E-state index in [0.29, 0.717) is 11.7 Å². The van der Waals surface area contributed by atoms with Crippen LogP contribution in [-0.4, -0.2) is 39.5 Å². The first kappa shape index (κ1) is 18.5. The van der Waals surface area contributed by atoms with Gasteiger partial charge in [-0.05, 0) is 25.3 Å². The summed E-state index contributed by atoms with van der Waals surface area (Å²) in [5, 5.41) is 2.32. The number of rotatable bonds is 6. The van der Waals surface area contributed by atoms with Crippen LogP contribution in [0.1, 0.15) is 19.8 Å². The molecule has 138 valence electrons. The number of aromatic nitrogens is 2. The van der Waals surface area contributed by atoms with Gasteiger partial charge in [0, 0.05) is 6.61 Å². The summed E-state index contributed by atoms with van der Waals surface area (Å²) in [6.45, 7) is 3.17. The van der Waals surface area contributed by atoms with Gasteiger partial charge >= 0.3 is 6.03 Å². The number of carbonyl (C=O) groups excluding carboxylic acids is 2. The van der Waals surface area contributed by atoms with Gasteiger partial charge in [-0.25, -0.2) is 9.78 Å². The molecule has 2 atom stereocenters. The average Bonchev–Trinajstić information content (AvgIpc) is 3.26. The average molecular weight is 374 g/mol. The van der Waals surface area contributed by atoms with Crippen molar-refractivity contribution in [1.29, 1.82) is 0 Å². The van der Waals surface area contributed by atoms with Crippen LogP contribution >= 0.6 is 11.8 Å². The van der Waals surface area contributed by atoms with E-state index in [4.69, 9.17) is 10.5 Å². The number of benzene rings is 1. The third kappa shape index (κ3) is 4.44. The highest BCUT2D eigenvalue weighted by Gasteiger charge is 2.23. The molecule has 3 N–H and O–H groups in total. The summed E-state index contributed by atoms with van der Waals surface area (Å²) in [5.41, 5.74) is 7.06. The summed E-state index contributed by atoms with van der Waals surface area (Å²) in [4.78, 5) is 27.4. The molecular formula is C18H22N4O3S. The molecule has 0 unspecified atom stereocenters. The van der Waals surface area contributed by atoms with Gasteiger partial charge in [0.2, 0.25) is 5.91 Å². The number of imidazole rings is 1. The Balaban J connectivity index is 1.85. The van der Waals surface area contributed by atoms with Crippen LogP contribution in [0.2, 0.25) is 0 Å². The number of hydrogen-bond acceptors (Lipinski definition) is 5. The number of imide groups is 1. The van der Waals surface area contributed by atoms with Gasteiger partial charge in [0.15, 0.2) is 5.16 Å². The second-order valence-corrected chi connectivity index (χ2v) is 7.46. The number of nitrogens with one attached hydrogen (secondary N) is 1. The van der Waals surface area contributed by atoms with E-state index in [0.717, 1.165) is 30.7 Å². The fourth-order valence-electron chi connectivity index (χ4n) is 2.90. The molecule has 3 amide bonds. The van der Waals surface area contributed by atoms with E-state index < -0.39 is 17.2 Å². The van der Waals surface area contributed by atoms with Crippen LogP contribution < -0.4 is 11.1 Å². The summed E-state index contributed by atoms with van der Waals surface area (Å²) in [5.74, 6) is -0.435. The molecule has 1 aromatic heterocycles. The number of hydrogen-bond donors (Lipinski definition) is 2. The topological polar surface area (TPSA) is 99.2 Å². The highest BCUT2D eigenvalue weighted by Crippen LogP contribution is 2.30. The van der Waals surface area contributed by atoms with E-state index in [1.54, 1.807) is 6.92 Å². The number of thioether (sulfide) groups is 1. The van der Waals surface area contributed by atoms with Gasteiger partial charge in [0.05, 0.1) is 29.8 Å². The first-order valence-corrected chi connectivity index (χ1v) is 9.42. The van der Waals surface area contributed by atoms with Crippen LogP contribution in [0.25, 0.3) is 11.3 Å². The minimum atomic E-state index is -0.852. The number of nitrogens with zero attached hydrogens (tertiary/aromatic N) is 2. The molecule has 1 fully saturated rings. The van der Waals surface area contributed by atoms with Gasteiger partial charge in [-0.2, -0.15) is 0 Å². The maximum atomic E-state index is 12.0. The number of urea groups is 1. The second-order valence-electron chi connectivity index (χ2n) is 6.15. The predicted molar refractivity (Wildman–Crippen MR) is 99.7 cm³/mol. The Kier molecular flexibility index (Phi) is 5.95. The highest BCUT2D eigenvalue weighted by molar-refractivity contribution is 8.00. The van der Waals surface area contributed by atoms with Gasteiger partial charge in [0.25, 0.3) is 0 Å². The van der Waals surface area contributed by atoms with Crippen molar-refractivity contribution < 1.29 is 14.3 Å².